The third-order valence-corrected chi connectivity index (χ3v) is 13.4. The molecule has 5 aliphatic carbocycles. The van der Waals surface area contributed by atoms with Gasteiger partial charge in [0.15, 0.2) is 0 Å². The van der Waals surface area contributed by atoms with E-state index in [1.165, 1.54) is 0 Å². The molecule has 0 saturated heterocycles. The number of aliphatic hydroxyl groups is 2. The molecule has 37 heavy (non-hydrogen) atoms. The summed E-state index contributed by atoms with van der Waals surface area (Å²) >= 11 is 0. The maximum absolute atomic E-state index is 13.7. The minimum absolute atomic E-state index is 0.0133. The van der Waals surface area contributed by atoms with E-state index < -0.39 is 12.2 Å². The fraction of sp³-hybridized carbons (Fsp3) is 0.909. The van der Waals surface area contributed by atoms with Crippen LogP contribution in [0.5, 0.6) is 0 Å². The van der Waals surface area contributed by atoms with E-state index in [9.17, 15) is 15.0 Å². The van der Waals surface area contributed by atoms with Gasteiger partial charge in [0.25, 0.3) is 0 Å². The van der Waals surface area contributed by atoms with Crippen molar-refractivity contribution in [3.05, 3.63) is 11.6 Å². The van der Waals surface area contributed by atoms with Gasteiger partial charge in [-0.05, 0) is 109 Å². The molecule has 4 fully saturated rings. The molecule has 4 saturated carbocycles. The van der Waals surface area contributed by atoms with E-state index in [-0.39, 0.29) is 44.4 Å². The fourth-order valence-electron chi connectivity index (χ4n) is 11.1. The van der Waals surface area contributed by atoms with E-state index in [1.807, 2.05) is 0 Å². The first-order chi connectivity index (χ1) is 17.1. The summed E-state index contributed by atoms with van der Waals surface area (Å²) in [6.07, 6.45) is 11.1. The van der Waals surface area contributed by atoms with Gasteiger partial charge in [-0.15, -0.1) is 0 Å². The van der Waals surface area contributed by atoms with Gasteiger partial charge in [0.1, 0.15) is 0 Å². The number of hydrogen-bond donors (Lipinski definition) is 2. The molecule has 0 heterocycles. The Morgan fingerprint density at radius 2 is 1.62 bits per heavy atom. The fourth-order valence-corrected chi connectivity index (χ4v) is 11.1. The third-order valence-electron chi connectivity index (χ3n) is 13.4. The lowest BCUT2D eigenvalue weighted by molar-refractivity contribution is -0.232. The molecule has 0 amide bonds. The SMILES string of the molecule is CCCOC(=O)[C@]12CCC(C)(C)C[C@@H]1C1=CC[C@@H]3[C@@]4(C)C[C@H](O)[C@H](O)C(C)(C)[C@H]4CC[C@@]3(C)[C@@]1(C)CC2. The van der Waals surface area contributed by atoms with Crippen LogP contribution in [-0.2, 0) is 9.53 Å². The van der Waals surface area contributed by atoms with Crippen LogP contribution in [0.2, 0.25) is 0 Å². The summed E-state index contributed by atoms with van der Waals surface area (Å²) in [6.45, 7) is 19.2. The quantitative estimate of drug-likeness (QED) is 0.312. The molecule has 5 aliphatic rings. The molecule has 210 valence electrons. The summed E-state index contributed by atoms with van der Waals surface area (Å²) in [5.41, 5.74) is 1.26. The predicted octanol–water partition coefficient (Wildman–Crippen LogP) is 7.07. The lowest BCUT2D eigenvalue weighted by atomic mass is 9.33. The largest absolute Gasteiger partial charge is 0.465 e. The van der Waals surface area contributed by atoms with Gasteiger partial charge in [0.05, 0.1) is 24.2 Å². The highest BCUT2D eigenvalue weighted by atomic mass is 16.5. The van der Waals surface area contributed by atoms with Crippen molar-refractivity contribution >= 4 is 5.97 Å². The molecular weight excluding hydrogens is 460 g/mol. The number of aliphatic hydroxyl groups excluding tert-OH is 2. The van der Waals surface area contributed by atoms with Gasteiger partial charge in [-0.1, -0.05) is 67.0 Å². The lowest BCUT2D eigenvalue weighted by Gasteiger charge is -2.71. The highest BCUT2D eigenvalue weighted by molar-refractivity contribution is 5.78. The molecule has 0 aliphatic heterocycles. The Hall–Kier alpha value is -0.870. The first-order valence-electron chi connectivity index (χ1n) is 15.3. The second-order valence-corrected chi connectivity index (χ2v) is 16.0. The van der Waals surface area contributed by atoms with Crippen molar-refractivity contribution in [1.29, 1.82) is 0 Å². The molecule has 0 aromatic rings. The maximum Gasteiger partial charge on any atom is 0.312 e. The van der Waals surface area contributed by atoms with E-state index in [1.54, 1.807) is 5.57 Å². The van der Waals surface area contributed by atoms with Gasteiger partial charge >= 0.3 is 5.97 Å². The minimum atomic E-state index is -0.664. The first-order valence-corrected chi connectivity index (χ1v) is 15.3. The molecule has 0 radical (unpaired) electrons. The number of carbonyl (C=O) groups is 1. The number of allylic oxidation sites excluding steroid dienone is 2. The molecular formula is C33H54O4. The normalized spacial score (nSPS) is 50.0. The Morgan fingerprint density at radius 3 is 2.30 bits per heavy atom. The number of esters is 1. The van der Waals surface area contributed by atoms with Crippen LogP contribution in [0, 0.1) is 50.2 Å². The molecule has 0 aromatic carbocycles. The summed E-state index contributed by atoms with van der Waals surface area (Å²) in [7, 11) is 0. The number of carbonyl (C=O) groups excluding carboxylic acids is 1. The van der Waals surface area contributed by atoms with Crippen molar-refractivity contribution in [2.45, 2.75) is 132 Å². The van der Waals surface area contributed by atoms with Gasteiger partial charge in [0.2, 0.25) is 0 Å². The lowest BCUT2D eigenvalue weighted by Crippen LogP contribution is -2.67. The summed E-state index contributed by atoms with van der Waals surface area (Å²) in [6, 6.07) is 0. The van der Waals surface area contributed by atoms with Crippen LogP contribution in [0.25, 0.3) is 0 Å². The van der Waals surface area contributed by atoms with Crippen molar-refractivity contribution in [2.24, 2.45) is 50.2 Å². The van der Waals surface area contributed by atoms with Gasteiger partial charge in [-0.25, -0.2) is 0 Å². The number of rotatable bonds is 3. The van der Waals surface area contributed by atoms with Crippen LogP contribution in [0.1, 0.15) is 120 Å². The molecule has 0 aromatic heterocycles. The summed E-state index contributed by atoms with van der Waals surface area (Å²) in [4.78, 5) is 13.7. The second kappa shape index (κ2) is 8.56. The van der Waals surface area contributed by atoms with Gasteiger partial charge in [0, 0.05) is 0 Å². The Bertz CT molecular complexity index is 965. The summed E-state index contributed by atoms with van der Waals surface area (Å²) in [5, 5.41) is 22.0. The molecule has 4 nitrogen and oxygen atoms in total. The molecule has 5 rings (SSSR count). The zero-order chi connectivity index (χ0) is 27.2. The van der Waals surface area contributed by atoms with Crippen molar-refractivity contribution < 1.29 is 19.7 Å². The van der Waals surface area contributed by atoms with Gasteiger partial charge in [-0.3, -0.25) is 4.79 Å². The highest BCUT2D eigenvalue weighted by Crippen LogP contribution is 2.75. The molecule has 0 spiro atoms. The summed E-state index contributed by atoms with van der Waals surface area (Å²) in [5.74, 6) is 1.19. The van der Waals surface area contributed by atoms with Crippen molar-refractivity contribution in [3.63, 3.8) is 0 Å². The highest BCUT2D eigenvalue weighted by Gasteiger charge is 2.70. The smallest absolute Gasteiger partial charge is 0.312 e. The first kappa shape index (κ1) is 27.7. The Labute approximate surface area is 226 Å². The Morgan fingerprint density at radius 1 is 0.946 bits per heavy atom. The van der Waals surface area contributed by atoms with Crippen LogP contribution < -0.4 is 0 Å². The second-order valence-electron chi connectivity index (χ2n) is 16.0. The van der Waals surface area contributed by atoms with Crippen molar-refractivity contribution in [3.8, 4) is 0 Å². The monoisotopic (exact) mass is 514 g/mol. The Balaban J connectivity index is 1.58. The third kappa shape index (κ3) is 3.63. The molecule has 2 N–H and O–H groups in total. The maximum atomic E-state index is 13.7. The number of fused-ring (bicyclic) bond motifs is 7. The van der Waals surface area contributed by atoms with E-state index in [0.29, 0.717) is 24.9 Å². The molecule has 9 atom stereocenters. The van der Waals surface area contributed by atoms with E-state index in [2.05, 4.69) is 61.5 Å². The number of hydrogen-bond acceptors (Lipinski definition) is 4. The summed E-state index contributed by atoms with van der Waals surface area (Å²) < 4.78 is 5.92. The van der Waals surface area contributed by atoms with Crippen LogP contribution in [-0.4, -0.2) is 35.0 Å². The standard InChI is InChI=1S/C33H54O4/c1-9-18-37-27(36)33-16-14-28(2,3)19-22(33)21-10-11-25-30(6)20-23(34)26(35)29(4,5)24(30)12-13-32(25,8)31(21,7)15-17-33/h10,22-26,34-35H,9,11-20H2,1-8H3/t22-,23+,24-,25-,26+,30+,31+,32-,33+/m1/s1. The topological polar surface area (TPSA) is 66.8 Å². The molecule has 0 bridgehead atoms. The average Bonchev–Trinajstić information content (AvgIpc) is 2.81. The predicted molar refractivity (Wildman–Crippen MR) is 148 cm³/mol. The zero-order valence-electron chi connectivity index (χ0n) is 25.0. The van der Waals surface area contributed by atoms with Gasteiger partial charge < -0.3 is 14.9 Å². The van der Waals surface area contributed by atoms with E-state index in [0.717, 1.165) is 57.8 Å². The van der Waals surface area contributed by atoms with Gasteiger partial charge in [-0.2, -0.15) is 0 Å². The van der Waals surface area contributed by atoms with Crippen molar-refractivity contribution in [1.82, 2.24) is 0 Å². The Kier molecular flexibility index (Phi) is 6.41. The van der Waals surface area contributed by atoms with Crippen LogP contribution in [0.3, 0.4) is 0 Å². The van der Waals surface area contributed by atoms with Crippen LogP contribution >= 0.6 is 0 Å². The average molecular weight is 515 g/mol. The molecule has 4 heteroatoms. The van der Waals surface area contributed by atoms with E-state index in [4.69, 9.17) is 4.74 Å². The van der Waals surface area contributed by atoms with Crippen LogP contribution in [0.15, 0.2) is 11.6 Å². The van der Waals surface area contributed by atoms with E-state index >= 15 is 0 Å². The number of ether oxygens (including phenoxy) is 1. The van der Waals surface area contributed by atoms with Crippen LogP contribution in [0.4, 0.5) is 0 Å². The van der Waals surface area contributed by atoms with Crippen molar-refractivity contribution in [2.75, 3.05) is 6.61 Å². The zero-order valence-corrected chi connectivity index (χ0v) is 25.0. The minimum Gasteiger partial charge on any atom is -0.465 e. The molecule has 0 unspecified atom stereocenters.